The van der Waals surface area contributed by atoms with Gasteiger partial charge >= 0.3 is 6.18 Å². The summed E-state index contributed by atoms with van der Waals surface area (Å²) in [6, 6.07) is 5.81. The van der Waals surface area contributed by atoms with Crippen molar-refractivity contribution in [3.8, 4) is 0 Å². The number of rotatable bonds is 5. The third kappa shape index (κ3) is 5.23. The van der Waals surface area contributed by atoms with Gasteiger partial charge in [-0.1, -0.05) is 25.4 Å². The van der Waals surface area contributed by atoms with Crippen molar-refractivity contribution >= 4 is 29.1 Å². The van der Waals surface area contributed by atoms with Gasteiger partial charge in [-0.2, -0.15) is 13.2 Å². The van der Waals surface area contributed by atoms with Gasteiger partial charge in [0.05, 0.1) is 10.6 Å². The van der Waals surface area contributed by atoms with Crippen molar-refractivity contribution < 1.29 is 27.9 Å². The number of alkyl halides is 3. The van der Waals surface area contributed by atoms with Crippen LogP contribution in [0.3, 0.4) is 0 Å². The van der Waals surface area contributed by atoms with E-state index in [1.165, 1.54) is 23.6 Å². The van der Waals surface area contributed by atoms with Crippen molar-refractivity contribution in [2.75, 3.05) is 58.3 Å². The van der Waals surface area contributed by atoms with E-state index in [-0.39, 0.29) is 30.5 Å². The Kier molecular flexibility index (Phi) is 8.00. The number of carbonyl (C=O) groups excluding carboxylic acids is 2. The normalized spacial score (nSPS) is 22.4. The predicted octanol–water partition coefficient (Wildman–Crippen LogP) is 3.88. The minimum Gasteiger partial charge on any atom is -0.372 e. The highest BCUT2D eigenvalue weighted by Gasteiger charge is 2.62. The molecule has 0 aliphatic carbocycles. The first-order valence-corrected chi connectivity index (χ1v) is 13.6. The van der Waals surface area contributed by atoms with Crippen molar-refractivity contribution in [3.63, 3.8) is 0 Å². The van der Waals surface area contributed by atoms with Gasteiger partial charge in [0.2, 0.25) is 5.60 Å². The number of halogens is 4. The van der Waals surface area contributed by atoms with Crippen LogP contribution in [-0.2, 0) is 4.79 Å². The topological polar surface area (TPSA) is 67.3 Å². The summed E-state index contributed by atoms with van der Waals surface area (Å²) in [4.78, 5) is 32.3. The molecule has 3 aliphatic rings. The summed E-state index contributed by atoms with van der Waals surface area (Å²) >= 11 is 6.39. The van der Waals surface area contributed by atoms with Crippen LogP contribution in [0.25, 0.3) is 0 Å². The Bertz CT molecular complexity index is 1040. The number of hydrogen-bond donors (Lipinski definition) is 1. The first-order chi connectivity index (χ1) is 17.7. The number of carbonyl (C=O) groups is 2. The molecule has 7 nitrogen and oxygen atoms in total. The van der Waals surface area contributed by atoms with Gasteiger partial charge in [0, 0.05) is 63.3 Å². The summed E-state index contributed by atoms with van der Waals surface area (Å²) < 4.78 is 40.6. The number of aliphatic hydroxyl groups is 1. The maximum atomic E-state index is 13.5. The van der Waals surface area contributed by atoms with Gasteiger partial charge in [0.15, 0.2) is 0 Å². The van der Waals surface area contributed by atoms with Gasteiger partial charge in [-0.3, -0.25) is 9.59 Å². The van der Waals surface area contributed by atoms with Crippen molar-refractivity contribution in [2.24, 2.45) is 11.3 Å². The molecule has 11 heteroatoms. The Morgan fingerprint density at radius 2 is 1.66 bits per heavy atom. The molecular weight excluding hydrogens is 521 g/mol. The highest BCUT2D eigenvalue weighted by molar-refractivity contribution is 6.34. The summed E-state index contributed by atoms with van der Waals surface area (Å²) in [6.45, 7) is 6.57. The molecule has 1 spiro atoms. The minimum atomic E-state index is -5.01. The van der Waals surface area contributed by atoms with E-state index in [0.717, 1.165) is 44.7 Å². The molecule has 3 fully saturated rings. The van der Waals surface area contributed by atoms with Crippen LogP contribution in [0.2, 0.25) is 5.02 Å². The number of anilines is 1. The zero-order valence-electron chi connectivity index (χ0n) is 22.5. The molecule has 0 aromatic heterocycles. The van der Waals surface area contributed by atoms with E-state index in [9.17, 15) is 27.9 Å². The quantitative estimate of drug-likeness (QED) is 0.594. The van der Waals surface area contributed by atoms with E-state index >= 15 is 0 Å². The number of hydrogen-bond acceptors (Lipinski definition) is 5. The van der Waals surface area contributed by atoms with E-state index in [0.29, 0.717) is 23.4 Å². The van der Waals surface area contributed by atoms with Crippen molar-refractivity contribution in [2.45, 2.75) is 57.3 Å². The molecule has 0 radical (unpaired) electrons. The second-order valence-electron chi connectivity index (χ2n) is 11.7. The number of piperidine rings is 2. The fraction of sp³-hybridized carbons (Fsp3) is 0.704. The standard InChI is InChI=1S/C27H38ClF3N4O3/c1-18(2)26(38,27(29,30)31)24(37)34-11-7-19(8-12-34)33-13-9-25(10-14-33)16-35(17-25)20-5-6-21(22(28)15-20)23(36)32(3)4/h5-6,15,18-19,38H,7-14,16-17H2,1-4H3. The van der Waals surface area contributed by atoms with Crippen molar-refractivity contribution in [3.05, 3.63) is 28.8 Å². The number of nitrogens with zero attached hydrogens (tertiary/aromatic N) is 4. The fourth-order valence-electron chi connectivity index (χ4n) is 6.11. The molecule has 3 saturated heterocycles. The van der Waals surface area contributed by atoms with E-state index in [1.807, 2.05) is 12.1 Å². The molecule has 1 aromatic carbocycles. The van der Waals surface area contributed by atoms with Crippen LogP contribution in [0.5, 0.6) is 0 Å². The maximum Gasteiger partial charge on any atom is 0.426 e. The average Bonchev–Trinajstić information content (AvgIpc) is 2.85. The van der Waals surface area contributed by atoms with Crippen LogP contribution in [0.15, 0.2) is 18.2 Å². The maximum absolute atomic E-state index is 13.5. The van der Waals surface area contributed by atoms with Gasteiger partial charge in [0.1, 0.15) is 0 Å². The van der Waals surface area contributed by atoms with Crippen LogP contribution in [0.1, 0.15) is 49.9 Å². The lowest BCUT2D eigenvalue weighted by Gasteiger charge is -2.56. The van der Waals surface area contributed by atoms with Crippen molar-refractivity contribution in [1.82, 2.24) is 14.7 Å². The van der Waals surface area contributed by atoms with Gasteiger partial charge < -0.3 is 24.7 Å². The van der Waals surface area contributed by atoms with Gasteiger partial charge in [-0.25, -0.2) is 0 Å². The second-order valence-corrected chi connectivity index (χ2v) is 12.1. The molecule has 2 amide bonds. The monoisotopic (exact) mass is 558 g/mol. The Balaban J connectivity index is 1.27. The lowest BCUT2D eigenvalue weighted by molar-refractivity contribution is -0.269. The van der Waals surface area contributed by atoms with Gasteiger partial charge in [-0.05, 0) is 57.0 Å². The zero-order chi connectivity index (χ0) is 28.0. The van der Waals surface area contributed by atoms with Crippen LogP contribution in [-0.4, -0.2) is 103 Å². The summed E-state index contributed by atoms with van der Waals surface area (Å²) in [5.74, 6) is -2.62. The number of amides is 2. The van der Waals surface area contributed by atoms with E-state index in [1.54, 1.807) is 20.2 Å². The largest absolute Gasteiger partial charge is 0.426 e. The van der Waals surface area contributed by atoms with E-state index < -0.39 is 23.6 Å². The first-order valence-electron chi connectivity index (χ1n) is 13.3. The zero-order valence-corrected chi connectivity index (χ0v) is 23.3. The molecule has 1 N–H and O–H groups in total. The fourth-order valence-corrected chi connectivity index (χ4v) is 6.37. The molecule has 1 unspecified atom stereocenters. The molecule has 0 saturated carbocycles. The first kappa shape index (κ1) is 29.0. The summed E-state index contributed by atoms with van der Waals surface area (Å²) in [5.41, 5.74) is -1.61. The highest BCUT2D eigenvalue weighted by Crippen LogP contribution is 2.44. The van der Waals surface area contributed by atoms with Crippen LogP contribution in [0.4, 0.5) is 18.9 Å². The predicted molar refractivity (Wildman–Crippen MR) is 140 cm³/mol. The molecule has 3 heterocycles. The Morgan fingerprint density at radius 1 is 1.08 bits per heavy atom. The van der Waals surface area contributed by atoms with Crippen LogP contribution >= 0.6 is 11.6 Å². The van der Waals surface area contributed by atoms with Gasteiger partial charge in [-0.15, -0.1) is 0 Å². The molecular formula is C27H38ClF3N4O3. The molecule has 0 bridgehead atoms. The minimum absolute atomic E-state index is 0.125. The average molecular weight is 559 g/mol. The smallest absolute Gasteiger partial charge is 0.372 e. The van der Waals surface area contributed by atoms with E-state index in [2.05, 4.69) is 9.80 Å². The SMILES string of the molecule is CC(C)C(O)(C(=O)N1CCC(N2CCC3(CC2)CN(c2ccc(C(=O)N(C)C)c(Cl)c2)C3)CC1)C(F)(F)F. The molecule has 212 valence electrons. The lowest BCUT2D eigenvalue weighted by atomic mass is 9.71. The summed E-state index contributed by atoms with van der Waals surface area (Å²) in [7, 11) is 3.39. The second kappa shape index (κ2) is 10.5. The molecule has 38 heavy (non-hydrogen) atoms. The Hall–Kier alpha value is -2.04. The Labute approximate surface area is 227 Å². The number of benzene rings is 1. The van der Waals surface area contributed by atoms with E-state index in [4.69, 9.17) is 11.6 Å². The molecule has 1 aromatic rings. The Morgan fingerprint density at radius 3 is 2.13 bits per heavy atom. The van der Waals surface area contributed by atoms with Crippen LogP contribution < -0.4 is 4.90 Å². The summed E-state index contributed by atoms with van der Waals surface area (Å²) in [6.07, 6.45) is -1.73. The third-order valence-corrected chi connectivity index (χ3v) is 9.04. The molecule has 4 rings (SSSR count). The number of likely N-dealkylation sites (tertiary alicyclic amines) is 2. The van der Waals surface area contributed by atoms with Gasteiger partial charge in [0.25, 0.3) is 11.8 Å². The molecule has 1 atom stereocenters. The van der Waals surface area contributed by atoms with Crippen LogP contribution in [0, 0.1) is 11.3 Å². The lowest BCUT2D eigenvalue weighted by Crippen LogP contribution is -2.63. The summed E-state index contributed by atoms with van der Waals surface area (Å²) in [5, 5.41) is 10.7. The highest BCUT2D eigenvalue weighted by atomic mass is 35.5. The third-order valence-electron chi connectivity index (χ3n) is 8.73. The molecule has 3 aliphatic heterocycles. The van der Waals surface area contributed by atoms with Crippen molar-refractivity contribution in [1.29, 1.82) is 0 Å².